The van der Waals surface area contributed by atoms with Crippen LogP contribution in [0, 0.1) is 0 Å². The molecule has 0 aliphatic rings. The normalized spacial score (nSPS) is 10.7. The molecule has 2 rings (SSSR count). The molecule has 0 unspecified atom stereocenters. The third-order valence-corrected chi connectivity index (χ3v) is 4.18. The summed E-state index contributed by atoms with van der Waals surface area (Å²) >= 11 is 0. The zero-order valence-corrected chi connectivity index (χ0v) is 15.1. The summed E-state index contributed by atoms with van der Waals surface area (Å²) in [4.78, 5) is 23.9. The first kappa shape index (κ1) is 19.6. The first-order chi connectivity index (χ1) is 12.5. The van der Waals surface area contributed by atoms with Crippen molar-refractivity contribution in [3.63, 3.8) is 0 Å². The van der Waals surface area contributed by atoms with Gasteiger partial charge in [0.25, 0.3) is 0 Å². The number of rotatable bonds is 9. The van der Waals surface area contributed by atoms with Gasteiger partial charge in [-0.05, 0) is 36.6 Å². The van der Waals surface area contributed by atoms with Crippen LogP contribution in [0.15, 0.2) is 28.7 Å². The topological polar surface area (TPSA) is 97.0 Å². The summed E-state index contributed by atoms with van der Waals surface area (Å²) in [6, 6.07) is 5.69. The maximum absolute atomic E-state index is 12.5. The van der Waals surface area contributed by atoms with Gasteiger partial charge < -0.3 is 19.4 Å². The van der Waals surface area contributed by atoms with Gasteiger partial charge in [-0.25, -0.2) is 4.79 Å². The van der Waals surface area contributed by atoms with Gasteiger partial charge in [0.1, 0.15) is 17.3 Å². The molecular formula is C20H24O6. The highest BCUT2D eigenvalue weighted by Crippen LogP contribution is 2.30. The van der Waals surface area contributed by atoms with Crippen LogP contribution in [0.4, 0.5) is 0 Å². The maximum atomic E-state index is 12.5. The fourth-order valence-electron chi connectivity index (χ4n) is 2.72. The zero-order valence-electron chi connectivity index (χ0n) is 15.1. The molecule has 0 bridgehead atoms. The van der Waals surface area contributed by atoms with E-state index in [0.717, 1.165) is 25.7 Å². The molecule has 2 N–H and O–H groups in total. The fraction of sp³-hybridized carbons (Fsp3) is 0.400. The molecule has 0 aliphatic carbocycles. The number of Topliss-reactive ketones (excluding diaryl/α,β-unsaturated/α-hetero) is 1. The number of phenols is 2. The van der Waals surface area contributed by atoms with Crippen LogP contribution in [0.3, 0.4) is 0 Å². The lowest BCUT2D eigenvalue weighted by Gasteiger charge is -2.09. The quantitative estimate of drug-likeness (QED) is 0.398. The molecule has 0 saturated carbocycles. The SMILES string of the molecule is CCCCCCc1cc(C(=O)Cc2ccc(C(=O)OC)o2)c(O)cc1O. The van der Waals surface area contributed by atoms with E-state index in [1.54, 1.807) is 0 Å². The number of hydrogen-bond donors (Lipinski definition) is 2. The number of hydrogen-bond acceptors (Lipinski definition) is 6. The molecular weight excluding hydrogens is 336 g/mol. The number of unbranched alkanes of at least 4 members (excludes halogenated alkanes) is 3. The van der Waals surface area contributed by atoms with Crippen LogP contribution in [0.2, 0.25) is 0 Å². The van der Waals surface area contributed by atoms with Gasteiger partial charge in [-0.1, -0.05) is 26.2 Å². The highest BCUT2D eigenvalue weighted by molar-refractivity contribution is 6.00. The predicted octanol–water partition coefficient (Wildman–Crippen LogP) is 4.03. The number of benzene rings is 1. The molecule has 0 atom stereocenters. The molecule has 2 aromatic rings. The van der Waals surface area contributed by atoms with Crippen LogP contribution in [0.25, 0.3) is 0 Å². The summed E-state index contributed by atoms with van der Waals surface area (Å²) in [5.41, 5.74) is 0.765. The van der Waals surface area contributed by atoms with Crippen LogP contribution in [-0.2, 0) is 17.6 Å². The van der Waals surface area contributed by atoms with E-state index in [4.69, 9.17) is 4.42 Å². The van der Waals surface area contributed by atoms with Crippen molar-refractivity contribution in [1.29, 1.82) is 0 Å². The first-order valence-electron chi connectivity index (χ1n) is 8.71. The van der Waals surface area contributed by atoms with Gasteiger partial charge in [-0.2, -0.15) is 0 Å². The van der Waals surface area contributed by atoms with Crippen molar-refractivity contribution in [1.82, 2.24) is 0 Å². The van der Waals surface area contributed by atoms with Crippen LogP contribution in [0.1, 0.15) is 64.8 Å². The molecule has 0 saturated heterocycles. The number of ketones is 1. The molecule has 1 aromatic heterocycles. The number of aromatic hydroxyl groups is 2. The van der Waals surface area contributed by atoms with E-state index < -0.39 is 5.97 Å². The Morgan fingerprint density at radius 3 is 2.54 bits per heavy atom. The molecule has 140 valence electrons. The monoisotopic (exact) mass is 360 g/mol. The van der Waals surface area contributed by atoms with E-state index in [0.29, 0.717) is 17.7 Å². The Balaban J connectivity index is 2.12. The second-order valence-corrected chi connectivity index (χ2v) is 6.17. The Kier molecular flexibility index (Phi) is 6.83. The molecule has 0 aliphatic heterocycles. The zero-order chi connectivity index (χ0) is 19.1. The van der Waals surface area contributed by atoms with Crippen LogP contribution >= 0.6 is 0 Å². The lowest BCUT2D eigenvalue weighted by Crippen LogP contribution is -2.05. The van der Waals surface area contributed by atoms with Crippen LogP contribution in [0.5, 0.6) is 11.5 Å². The summed E-state index contributed by atoms with van der Waals surface area (Å²) in [6.07, 6.45) is 4.71. The minimum absolute atomic E-state index is 0.0125. The molecule has 0 spiro atoms. The second kappa shape index (κ2) is 9.08. The smallest absolute Gasteiger partial charge is 0.373 e. The van der Waals surface area contributed by atoms with E-state index >= 15 is 0 Å². The number of carbonyl (C=O) groups is 2. The van der Waals surface area contributed by atoms with Crippen molar-refractivity contribution in [3.8, 4) is 11.5 Å². The number of methoxy groups -OCH3 is 1. The average Bonchev–Trinajstić information content (AvgIpc) is 3.07. The average molecular weight is 360 g/mol. The van der Waals surface area contributed by atoms with Crippen molar-refractivity contribution in [2.45, 2.75) is 45.4 Å². The minimum atomic E-state index is -0.620. The van der Waals surface area contributed by atoms with Crippen molar-refractivity contribution in [2.75, 3.05) is 7.11 Å². The molecule has 6 heteroatoms. The summed E-state index contributed by atoms with van der Waals surface area (Å²) in [6.45, 7) is 2.12. The number of ether oxygens (including phenoxy) is 1. The van der Waals surface area contributed by atoms with E-state index in [-0.39, 0.29) is 35.0 Å². The van der Waals surface area contributed by atoms with Crippen molar-refractivity contribution in [2.24, 2.45) is 0 Å². The number of furan rings is 1. The Morgan fingerprint density at radius 2 is 1.85 bits per heavy atom. The molecule has 0 fully saturated rings. The Morgan fingerprint density at radius 1 is 1.08 bits per heavy atom. The number of esters is 1. The van der Waals surface area contributed by atoms with Gasteiger partial charge in [0.05, 0.1) is 19.1 Å². The predicted molar refractivity (Wildman–Crippen MR) is 95.7 cm³/mol. The van der Waals surface area contributed by atoms with E-state index in [1.807, 2.05) is 0 Å². The molecule has 1 heterocycles. The molecule has 0 radical (unpaired) electrons. The summed E-state index contributed by atoms with van der Waals surface area (Å²) in [7, 11) is 1.24. The Bertz CT molecular complexity index is 775. The summed E-state index contributed by atoms with van der Waals surface area (Å²) in [5.74, 6) is -0.950. The molecule has 26 heavy (non-hydrogen) atoms. The highest BCUT2D eigenvalue weighted by atomic mass is 16.5. The van der Waals surface area contributed by atoms with Gasteiger partial charge in [-0.15, -0.1) is 0 Å². The Labute approximate surface area is 152 Å². The summed E-state index contributed by atoms with van der Waals surface area (Å²) in [5, 5.41) is 20.0. The van der Waals surface area contributed by atoms with E-state index in [2.05, 4.69) is 11.7 Å². The van der Waals surface area contributed by atoms with Gasteiger partial charge in [0.2, 0.25) is 5.76 Å². The Hall–Kier alpha value is -2.76. The van der Waals surface area contributed by atoms with Crippen molar-refractivity contribution >= 4 is 11.8 Å². The van der Waals surface area contributed by atoms with Crippen molar-refractivity contribution < 1.29 is 29.0 Å². The lowest BCUT2D eigenvalue weighted by molar-refractivity contribution is 0.0562. The molecule has 1 aromatic carbocycles. The van der Waals surface area contributed by atoms with Crippen LogP contribution in [-0.4, -0.2) is 29.1 Å². The molecule has 6 nitrogen and oxygen atoms in total. The van der Waals surface area contributed by atoms with E-state index in [1.165, 1.54) is 31.4 Å². The standard InChI is InChI=1S/C20H24O6/c1-3-4-5-6-7-13-10-15(18(23)12-16(13)21)17(22)11-14-8-9-19(26-14)20(24)25-2/h8-10,12,21,23H,3-7,11H2,1-2H3. The minimum Gasteiger partial charge on any atom is -0.508 e. The van der Waals surface area contributed by atoms with Gasteiger partial charge in [0.15, 0.2) is 5.78 Å². The number of aryl methyl sites for hydroxylation is 1. The van der Waals surface area contributed by atoms with Crippen molar-refractivity contribution in [3.05, 3.63) is 46.9 Å². The number of carbonyl (C=O) groups excluding carboxylic acids is 2. The lowest BCUT2D eigenvalue weighted by atomic mass is 9.98. The van der Waals surface area contributed by atoms with E-state index in [9.17, 15) is 19.8 Å². The van der Waals surface area contributed by atoms with Gasteiger partial charge in [-0.3, -0.25) is 4.79 Å². The molecule has 0 amide bonds. The van der Waals surface area contributed by atoms with Gasteiger partial charge in [0, 0.05) is 6.07 Å². The maximum Gasteiger partial charge on any atom is 0.373 e. The fourth-order valence-corrected chi connectivity index (χ4v) is 2.72. The number of phenolic OH excluding ortho intramolecular Hbond substituents is 2. The van der Waals surface area contributed by atoms with Gasteiger partial charge >= 0.3 is 5.97 Å². The largest absolute Gasteiger partial charge is 0.508 e. The first-order valence-corrected chi connectivity index (χ1v) is 8.71. The third-order valence-electron chi connectivity index (χ3n) is 4.18. The summed E-state index contributed by atoms with van der Waals surface area (Å²) < 4.78 is 9.84. The van der Waals surface area contributed by atoms with Crippen LogP contribution < -0.4 is 0 Å². The highest BCUT2D eigenvalue weighted by Gasteiger charge is 2.18. The second-order valence-electron chi connectivity index (χ2n) is 6.17. The third kappa shape index (κ3) is 4.88.